The number of rotatable bonds is 4. The Labute approximate surface area is 351 Å². The highest BCUT2D eigenvalue weighted by molar-refractivity contribution is 7.26. The van der Waals surface area contributed by atoms with Crippen molar-refractivity contribution in [3.05, 3.63) is 197 Å². The Bertz CT molecular complexity index is 3140. The molecule has 0 bridgehead atoms. The van der Waals surface area contributed by atoms with Crippen LogP contribution in [-0.2, 0) is 16.2 Å². The third kappa shape index (κ3) is 4.67. The number of nitrogens with zero attached hydrogens (tertiary/aromatic N) is 1. The first-order valence-corrected chi connectivity index (χ1v) is 21.8. The van der Waals surface area contributed by atoms with E-state index in [2.05, 4.69) is 210 Å². The summed E-state index contributed by atoms with van der Waals surface area (Å²) >= 11 is 1.93. The van der Waals surface area contributed by atoms with Crippen molar-refractivity contribution < 1.29 is 0 Å². The first-order chi connectivity index (χ1) is 28.5. The summed E-state index contributed by atoms with van der Waals surface area (Å²) in [4.78, 5) is 2.52. The lowest BCUT2D eigenvalue weighted by Gasteiger charge is -2.30. The smallest absolute Gasteiger partial charge is 0.0468 e. The van der Waals surface area contributed by atoms with Crippen LogP contribution >= 0.6 is 11.3 Å². The molecule has 0 fully saturated rings. The van der Waals surface area contributed by atoms with Gasteiger partial charge in [0.05, 0.1) is 0 Å². The Balaban J connectivity index is 1.13. The van der Waals surface area contributed by atoms with Crippen LogP contribution in [0.3, 0.4) is 0 Å². The lowest BCUT2D eigenvalue weighted by atomic mass is 9.81. The largest absolute Gasteiger partial charge is 0.310 e. The fourth-order valence-electron chi connectivity index (χ4n) is 11.2. The van der Waals surface area contributed by atoms with Gasteiger partial charge in [0.1, 0.15) is 0 Å². The monoisotopic (exact) mass is 775 g/mol. The van der Waals surface area contributed by atoms with Crippen molar-refractivity contribution in [3.8, 4) is 44.5 Å². The van der Waals surface area contributed by atoms with Gasteiger partial charge < -0.3 is 4.90 Å². The summed E-state index contributed by atoms with van der Waals surface area (Å²) in [6.45, 7) is 14.3. The van der Waals surface area contributed by atoms with Crippen LogP contribution in [0.4, 0.5) is 17.1 Å². The summed E-state index contributed by atoms with van der Waals surface area (Å²) in [7, 11) is 0. The first-order valence-electron chi connectivity index (χ1n) is 21.0. The van der Waals surface area contributed by atoms with Crippen molar-refractivity contribution in [2.45, 2.75) is 57.8 Å². The molecule has 0 spiro atoms. The molecule has 2 heteroatoms. The van der Waals surface area contributed by atoms with E-state index in [0.29, 0.717) is 0 Å². The van der Waals surface area contributed by atoms with Crippen LogP contribution in [-0.4, -0.2) is 0 Å². The van der Waals surface area contributed by atoms with Crippen LogP contribution in [0.2, 0.25) is 0 Å². The second kappa shape index (κ2) is 11.9. The summed E-state index contributed by atoms with van der Waals surface area (Å²) in [6.07, 6.45) is 0. The molecule has 284 valence electrons. The van der Waals surface area contributed by atoms with E-state index < -0.39 is 0 Å². The zero-order valence-electron chi connectivity index (χ0n) is 34.4. The number of fused-ring (bicyclic) bond motifs is 12. The van der Waals surface area contributed by atoms with Crippen molar-refractivity contribution in [2.75, 3.05) is 4.90 Å². The maximum absolute atomic E-state index is 2.52. The maximum Gasteiger partial charge on any atom is 0.0468 e. The Morgan fingerprint density at radius 3 is 1.41 bits per heavy atom. The van der Waals surface area contributed by atoms with Crippen molar-refractivity contribution in [2.24, 2.45) is 0 Å². The molecular formula is C57H45NS. The first kappa shape index (κ1) is 34.8. The van der Waals surface area contributed by atoms with Gasteiger partial charge in [0.15, 0.2) is 0 Å². The highest BCUT2D eigenvalue weighted by Crippen LogP contribution is 2.58. The lowest BCUT2D eigenvalue weighted by molar-refractivity contribution is 0.660. The standard InChI is InChI=1S/C57H45NS/c1-55(2)44-21-13-10-18-38(44)40-27-24-36(31-47(40)55)58(37-25-28-41-39-19-11-14-22-45(39)56(3,4)48(41)32-37)35-26-29-50-43(30-35)54-51(59-50)33-49-53(52(54)34-16-8-7-9-17-34)42-20-12-15-23-46(42)57(49,5)6/h7-33H,1-6H3. The summed E-state index contributed by atoms with van der Waals surface area (Å²) in [5.41, 5.74) is 22.3. The van der Waals surface area contributed by atoms with Crippen LogP contribution in [0, 0.1) is 0 Å². The van der Waals surface area contributed by atoms with Crippen molar-refractivity contribution >= 4 is 48.6 Å². The van der Waals surface area contributed by atoms with Gasteiger partial charge >= 0.3 is 0 Å². The molecule has 0 aliphatic heterocycles. The van der Waals surface area contributed by atoms with Gasteiger partial charge in [-0.15, -0.1) is 11.3 Å². The predicted octanol–water partition coefficient (Wildman–Crippen LogP) is 16.1. The summed E-state index contributed by atoms with van der Waals surface area (Å²) < 4.78 is 2.66. The predicted molar refractivity (Wildman–Crippen MR) is 252 cm³/mol. The van der Waals surface area contributed by atoms with Gasteiger partial charge in [-0.3, -0.25) is 0 Å². The molecule has 0 N–H and O–H groups in total. The molecule has 3 aliphatic carbocycles. The molecule has 0 radical (unpaired) electrons. The molecule has 59 heavy (non-hydrogen) atoms. The minimum absolute atomic E-state index is 0.0935. The van der Waals surface area contributed by atoms with Gasteiger partial charge in [0.2, 0.25) is 0 Å². The van der Waals surface area contributed by atoms with Gasteiger partial charge in [-0.2, -0.15) is 0 Å². The van der Waals surface area contributed by atoms with Gasteiger partial charge in [-0.05, 0) is 126 Å². The van der Waals surface area contributed by atoms with Gasteiger partial charge in [-0.1, -0.05) is 157 Å². The molecule has 0 amide bonds. The van der Waals surface area contributed by atoms with E-state index in [1.165, 1.54) is 115 Å². The molecule has 1 aromatic heterocycles. The molecule has 0 unspecified atom stereocenters. The van der Waals surface area contributed by atoms with E-state index in [0.717, 1.165) is 0 Å². The van der Waals surface area contributed by atoms with Gasteiger partial charge in [0.25, 0.3) is 0 Å². The molecule has 3 aliphatic rings. The summed E-state index contributed by atoms with van der Waals surface area (Å²) in [5, 5.41) is 2.65. The molecular weight excluding hydrogens is 731 g/mol. The van der Waals surface area contributed by atoms with E-state index in [9.17, 15) is 0 Å². The van der Waals surface area contributed by atoms with Gasteiger partial charge in [0, 0.05) is 53.5 Å². The number of thiophene rings is 1. The molecule has 1 heterocycles. The SMILES string of the molecule is CC1(C)c2ccccc2-c2ccc(N(c3ccc4c(c3)C(C)(C)c3ccccc3-4)c3ccc4sc5cc6c(c(-c7ccccc7)c5c4c3)-c3ccccc3C6(C)C)cc21. The summed E-state index contributed by atoms with van der Waals surface area (Å²) in [5.74, 6) is 0. The number of benzene rings is 8. The molecule has 0 saturated carbocycles. The van der Waals surface area contributed by atoms with Crippen LogP contribution in [0.25, 0.3) is 64.7 Å². The van der Waals surface area contributed by atoms with E-state index >= 15 is 0 Å². The Morgan fingerprint density at radius 2 is 0.814 bits per heavy atom. The molecule has 12 rings (SSSR count). The topological polar surface area (TPSA) is 3.24 Å². The highest BCUT2D eigenvalue weighted by Gasteiger charge is 2.40. The minimum atomic E-state index is -0.113. The van der Waals surface area contributed by atoms with E-state index in [4.69, 9.17) is 0 Å². The molecule has 8 aromatic carbocycles. The van der Waals surface area contributed by atoms with E-state index in [1.807, 2.05) is 11.3 Å². The third-order valence-electron chi connectivity index (χ3n) is 14.3. The fourth-order valence-corrected chi connectivity index (χ4v) is 12.4. The van der Waals surface area contributed by atoms with Crippen molar-refractivity contribution in [1.29, 1.82) is 0 Å². The van der Waals surface area contributed by atoms with Crippen molar-refractivity contribution in [3.63, 3.8) is 0 Å². The second-order valence-corrected chi connectivity index (χ2v) is 19.6. The van der Waals surface area contributed by atoms with Crippen LogP contribution in [0.5, 0.6) is 0 Å². The Morgan fingerprint density at radius 1 is 0.356 bits per heavy atom. The average molecular weight is 776 g/mol. The average Bonchev–Trinajstić information content (AvgIpc) is 3.89. The molecule has 9 aromatic rings. The quantitative estimate of drug-likeness (QED) is 0.172. The minimum Gasteiger partial charge on any atom is -0.310 e. The number of hydrogen-bond acceptors (Lipinski definition) is 2. The third-order valence-corrected chi connectivity index (χ3v) is 15.4. The highest BCUT2D eigenvalue weighted by atomic mass is 32.1. The Kier molecular flexibility index (Phi) is 7.04. The maximum atomic E-state index is 2.52. The number of anilines is 3. The fraction of sp³-hybridized carbons (Fsp3) is 0.158. The lowest BCUT2D eigenvalue weighted by Crippen LogP contribution is -2.18. The number of hydrogen-bond donors (Lipinski definition) is 0. The second-order valence-electron chi connectivity index (χ2n) is 18.5. The summed E-state index contributed by atoms with van der Waals surface area (Å²) in [6, 6.07) is 62.2. The van der Waals surface area contributed by atoms with E-state index in [1.54, 1.807) is 0 Å². The molecule has 1 nitrogen and oxygen atoms in total. The van der Waals surface area contributed by atoms with Crippen molar-refractivity contribution in [1.82, 2.24) is 0 Å². The zero-order chi connectivity index (χ0) is 40.0. The van der Waals surface area contributed by atoms with Gasteiger partial charge in [-0.25, -0.2) is 0 Å². The normalized spacial score (nSPS) is 15.7. The van der Waals surface area contributed by atoms with Crippen LogP contribution < -0.4 is 4.90 Å². The zero-order valence-corrected chi connectivity index (χ0v) is 35.3. The molecule has 0 saturated heterocycles. The van der Waals surface area contributed by atoms with E-state index in [-0.39, 0.29) is 16.2 Å². The van der Waals surface area contributed by atoms with Crippen LogP contribution in [0.1, 0.15) is 74.9 Å². The Hall–Kier alpha value is -6.22. The molecule has 0 atom stereocenters. The van der Waals surface area contributed by atoms with Crippen LogP contribution in [0.15, 0.2) is 164 Å².